The molecule has 204 valence electrons. The zero-order valence-electron chi connectivity index (χ0n) is 23.1. The number of ether oxygens (including phenoxy) is 3. The molecule has 1 unspecified atom stereocenters. The molecule has 6 rings (SSSR count). The van der Waals surface area contributed by atoms with E-state index in [4.69, 9.17) is 19.2 Å². The highest BCUT2D eigenvalue weighted by molar-refractivity contribution is 5.89. The summed E-state index contributed by atoms with van der Waals surface area (Å²) in [6, 6.07) is 23.8. The normalized spacial score (nSPS) is 16.1. The van der Waals surface area contributed by atoms with E-state index in [1.165, 1.54) is 5.56 Å². The number of nitrogens with zero attached hydrogens (tertiary/aromatic N) is 2. The van der Waals surface area contributed by atoms with E-state index in [0.717, 1.165) is 62.8 Å². The van der Waals surface area contributed by atoms with Crippen molar-refractivity contribution in [2.24, 2.45) is 0 Å². The van der Waals surface area contributed by atoms with Crippen LogP contribution in [0.1, 0.15) is 39.6 Å². The number of amides is 2. The number of fused-ring (bicyclic) bond motifs is 3. The van der Waals surface area contributed by atoms with Crippen LogP contribution in [-0.2, 0) is 30.7 Å². The third-order valence-electron chi connectivity index (χ3n) is 7.88. The molecule has 0 aliphatic carbocycles. The van der Waals surface area contributed by atoms with Crippen LogP contribution in [0.15, 0.2) is 72.8 Å². The Kier molecular flexibility index (Phi) is 7.13. The standard InChI is InChI=1S/C33H33N3O4/c1-21-17-25(39-3)13-14-26(21)32-27-18-31(22-7-5-4-6-8-22)40-20-29(27)28-19-36(16-15-30(28)35-32)33(37)34-23-9-11-24(38-2)12-10-23/h4-14,17,31H,15-16,18-20H2,1-3H3,(H,34,37). The number of hydrogen-bond acceptors (Lipinski definition) is 5. The van der Waals surface area contributed by atoms with Crippen LogP contribution in [-0.4, -0.2) is 36.7 Å². The van der Waals surface area contributed by atoms with E-state index in [1.54, 1.807) is 14.2 Å². The van der Waals surface area contributed by atoms with E-state index in [-0.39, 0.29) is 12.1 Å². The van der Waals surface area contributed by atoms with E-state index < -0.39 is 0 Å². The highest BCUT2D eigenvalue weighted by Crippen LogP contribution is 2.40. The fourth-order valence-electron chi connectivity index (χ4n) is 5.68. The van der Waals surface area contributed by atoms with Gasteiger partial charge in [-0.25, -0.2) is 4.79 Å². The molecule has 0 radical (unpaired) electrons. The number of benzene rings is 3. The van der Waals surface area contributed by atoms with Crippen LogP contribution < -0.4 is 14.8 Å². The molecule has 0 saturated heterocycles. The van der Waals surface area contributed by atoms with Crippen LogP contribution in [0.25, 0.3) is 11.3 Å². The van der Waals surface area contributed by atoms with Gasteiger partial charge in [-0.05, 0) is 77.2 Å². The van der Waals surface area contributed by atoms with Gasteiger partial charge in [0.25, 0.3) is 0 Å². The monoisotopic (exact) mass is 535 g/mol. The Morgan fingerprint density at radius 3 is 2.42 bits per heavy atom. The van der Waals surface area contributed by atoms with Gasteiger partial charge in [0.15, 0.2) is 0 Å². The number of nitrogens with one attached hydrogen (secondary N) is 1. The van der Waals surface area contributed by atoms with Gasteiger partial charge in [-0.1, -0.05) is 30.3 Å². The Morgan fingerprint density at radius 1 is 0.950 bits per heavy atom. The molecule has 1 N–H and O–H groups in total. The van der Waals surface area contributed by atoms with Crippen molar-refractivity contribution in [2.75, 3.05) is 26.1 Å². The average Bonchev–Trinajstić information content (AvgIpc) is 3.01. The lowest BCUT2D eigenvalue weighted by Crippen LogP contribution is -2.40. The molecule has 0 fully saturated rings. The molecule has 0 bridgehead atoms. The quantitative estimate of drug-likeness (QED) is 0.317. The third-order valence-corrected chi connectivity index (χ3v) is 7.88. The zero-order chi connectivity index (χ0) is 27.6. The average molecular weight is 536 g/mol. The van der Waals surface area contributed by atoms with E-state index in [0.29, 0.717) is 26.1 Å². The molecule has 40 heavy (non-hydrogen) atoms. The number of anilines is 1. The highest BCUT2D eigenvalue weighted by Gasteiger charge is 2.32. The lowest BCUT2D eigenvalue weighted by molar-refractivity contribution is 0.0264. The summed E-state index contributed by atoms with van der Waals surface area (Å²) in [5.74, 6) is 1.58. The maximum Gasteiger partial charge on any atom is 0.322 e. The Labute approximate surface area is 234 Å². The molecular weight excluding hydrogens is 502 g/mol. The lowest BCUT2D eigenvalue weighted by Gasteiger charge is -2.35. The minimum Gasteiger partial charge on any atom is -0.497 e. The Bertz CT molecular complexity index is 1540. The van der Waals surface area contributed by atoms with Gasteiger partial charge in [0.05, 0.1) is 32.6 Å². The van der Waals surface area contributed by atoms with Gasteiger partial charge >= 0.3 is 6.03 Å². The Morgan fingerprint density at radius 2 is 1.70 bits per heavy atom. The van der Waals surface area contributed by atoms with E-state index in [9.17, 15) is 4.79 Å². The largest absolute Gasteiger partial charge is 0.497 e. The van der Waals surface area contributed by atoms with Crippen LogP contribution in [0, 0.1) is 6.92 Å². The fraction of sp³-hybridized carbons (Fsp3) is 0.273. The van der Waals surface area contributed by atoms with E-state index in [1.807, 2.05) is 53.4 Å². The first-order valence-electron chi connectivity index (χ1n) is 13.6. The summed E-state index contributed by atoms with van der Waals surface area (Å²) in [4.78, 5) is 20.4. The number of aryl methyl sites for hydroxylation is 1. The molecular formula is C33H33N3O4. The smallest absolute Gasteiger partial charge is 0.322 e. The predicted octanol–water partition coefficient (Wildman–Crippen LogP) is 6.48. The minimum absolute atomic E-state index is 0.0519. The van der Waals surface area contributed by atoms with Crippen molar-refractivity contribution in [1.82, 2.24) is 9.88 Å². The van der Waals surface area contributed by atoms with Gasteiger partial charge in [0.2, 0.25) is 0 Å². The van der Waals surface area contributed by atoms with Crippen molar-refractivity contribution in [1.29, 1.82) is 0 Å². The number of aromatic nitrogens is 1. The van der Waals surface area contributed by atoms with Crippen molar-refractivity contribution in [3.8, 4) is 22.8 Å². The molecule has 7 heteroatoms. The number of urea groups is 1. The van der Waals surface area contributed by atoms with Crippen molar-refractivity contribution >= 4 is 11.7 Å². The minimum atomic E-state index is -0.126. The topological polar surface area (TPSA) is 72.9 Å². The molecule has 4 aromatic rings. The summed E-state index contributed by atoms with van der Waals surface area (Å²) >= 11 is 0. The SMILES string of the molecule is COc1ccc(NC(=O)N2CCc3nc(-c4ccc(OC)cc4C)c4c(c3C2)COC(c2ccccc2)C4)cc1. The number of pyridine rings is 1. The van der Waals surface area contributed by atoms with Crippen LogP contribution in [0.5, 0.6) is 11.5 Å². The number of hydrogen-bond donors (Lipinski definition) is 1. The first-order chi connectivity index (χ1) is 19.5. The Balaban J connectivity index is 1.35. The summed E-state index contributed by atoms with van der Waals surface area (Å²) in [6.45, 7) is 3.67. The second-order valence-electron chi connectivity index (χ2n) is 10.3. The van der Waals surface area contributed by atoms with Crippen molar-refractivity contribution in [3.05, 3.63) is 106 Å². The van der Waals surface area contributed by atoms with Crippen molar-refractivity contribution in [2.45, 2.75) is 39.0 Å². The fourth-order valence-corrected chi connectivity index (χ4v) is 5.68. The number of methoxy groups -OCH3 is 2. The summed E-state index contributed by atoms with van der Waals surface area (Å²) in [5, 5.41) is 3.03. The summed E-state index contributed by atoms with van der Waals surface area (Å²) < 4.78 is 17.1. The molecule has 7 nitrogen and oxygen atoms in total. The maximum atomic E-state index is 13.3. The van der Waals surface area contributed by atoms with Crippen LogP contribution >= 0.6 is 0 Å². The van der Waals surface area contributed by atoms with Gasteiger partial charge in [0.1, 0.15) is 11.5 Å². The molecule has 1 aromatic heterocycles. The van der Waals surface area contributed by atoms with Gasteiger partial charge in [-0.15, -0.1) is 0 Å². The van der Waals surface area contributed by atoms with Gasteiger partial charge in [-0.2, -0.15) is 0 Å². The molecule has 1 atom stereocenters. The second kappa shape index (κ2) is 11.0. The first kappa shape index (κ1) is 25.9. The Hall–Kier alpha value is -4.36. The summed E-state index contributed by atoms with van der Waals surface area (Å²) in [6.07, 6.45) is 1.35. The molecule has 3 heterocycles. The molecule has 0 spiro atoms. The number of rotatable bonds is 5. The van der Waals surface area contributed by atoms with Gasteiger partial charge in [-0.3, -0.25) is 4.98 Å². The van der Waals surface area contributed by atoms with E-state index in [2.05, 4.69) is 36.5 Å². The summed E-state index contributed by atoms with van der Waals surface area (Å²) in [7, 11) is 3.31. The summed E-state index contributed by atoms with van der Waals surface area (Å²) in [5.41, 5.74) is 9.62. The lowest BCUT2D eigenvalue weighted by atomic mass is 9.86. The molecule has 2 aliphatic heterocycles. The highest BCUT2D eigenvalue weighted by atomic mass is 16.5. The maximum absolute atomic E-state index is 13.3. The number of carbonyl (C=O) groups is 1. The van der Waals surface area contributed by atoms with Crippen LogP contribution in [0.4, 0.5) is 10.5 Å². The third kappa shape index (κ3) is 5.00. The van der Waals surface area contributed by atoms with Crippen molar-refractivity contribution in [3.63, 3.8) is 0 Å². The first-order valence-corrected chi connectivity index (χ1v) is 13.6. The molecule has 2 aliphatic rings. The molecule has 2 amide bonds. The molecule has 0 saturated carbocycles. The van der Waals surface area contributed by atoms with Gasteiger partial charge in [0, 0.05) is 42.9 Å². The van der Waals surface area contributed by atoms with E-state index >= 15 is 0 Å². The van der Waals surface area contributed by atoms with Crippen molar-refractivity contribution < 1.29 is 19.0 Å². The van der Waals surface area contributed by atoms with Crippen LogP contribution in [0.2, 0.25) is 0 Å². The van der Waals surface area contributed by atoms with Gasteiger partial charge < -0.3 is 24.4 Å². The zero-order valence-corrected chi connectivity index (χ0v) is 23.1. The number of carbonyl (C=O) groups excluding carboxylic acids is 1. The predicted molar refractivity (Wildman–Crippen MR) is 155 cm³/mol. The second-order valence-corrected chi connectivity index (χ2v) is 10.3. The van der Waals surface area contributed by atoms with Crippen LogP contribution in [0.3, 0.4) is 0 Å². The molecule has 3 aromatic carbocycles.